The minimum atomic E-state index is -0.305. The maximum Gasteiger partial charge on any atom is 0.287 e. The maximum absolute atomic E-state index is 12.6. The summed E-state index contributed by atoms with van der Waals surface area (Å²) in [6.45, 7) is 3.06. The summed E-state index contributed by atoms with van der Waals surface area (Å²) in [6, 6.07) is 13.9. The number of aromatic nitrogens is 3. The Bertz CT molecular complexity index is 1010. The first-order valence-corrected chi connectivity index (χ1v) is 10.8. The SMILES string of the molecule is O=c1c(Cl)c(NCc2ccc(N3CCCCCC3)nc2)cnn1Cc1ccccc1. The van der Waals surface area contributed by atoms with Crippen LogP contribution in [-0.2, 0) is 13.1 Å². The van der Waals surface area contributed by atoms with E-state index >= 15 is 0 Å². The third-order valence-corrected chi connectivity index (χ3v) is 5.75. The Morgan fingerprint density at radius 2 is 1.70 bits per heavy atom. The van der Waals surface area contributed by atoms with Gasteiger partial charge in [0, 0.05) is 25.8 Å². The molecule has 1 N–H and O–H groups in total. The molecule has 156 valence electrons. The van der Waals surface area contributed by atoms with Crippen molar-refractivity contribution in [3.05, 3.63) is 81.4 Å². The average molecular weight is 424 g/mol. The molecule has 0 saturated carbocycles. The van der Waals surface area contributed by atoms with Crippen LogP contribution in [0.5, 0.6) is 0 Å². The number of hydrogen-bond donors (Lipinski definition) is 1. The lowest BCUT2D eigenvalue weighted by Gasteiger charge is -2.21. The summed E-state index contributed by atoms with van der Waals surface area (Å²) < 4.78 is 1.38. The zero-order valence-corrected chi connectivity index (χ0v) is 17.7. The number of rotatable bonds is 6. The van der Waals surface area contributed by atoms with Gasteiger partial charge in [-0.1, -0.05) is 60.8 Å². The molecule has 1 aliphatic rings. The van der Waals surface area contributed by atoms with Crippen molar-refractivity contribution >= 4 is 23.1 Å². The summed E-state index contributed by atoms with van der Waals surface area (Å²) in [7, 11) is 0. The van der Waals surface area contributed by atoms with E-state index in [1.807, 2.05) is 36.5 Å². The summed E-state index contributed by atoms with van der Waals surface area (Å²) in [5, 5.41) is 7.62. The normalized spacial score (nSPS) is 14.4. The van der Waals surface area contributed by atoms with E-state index < -0.39 is 0 Å². The predicted octanol–water partition coefficient (Wildman–Crippen LogP) is 4.33. The van der Waals surface area contributed by atoms with E-state index in [9.17, 15) is 4.79 Å². The largest absolute Gasteiger partial charge is 0.378 e. The van der Waals surface area contributed by atoms with Crippen molar-refractivity contribution in [2.24, 2.45) is 0 Å². The molecule has 30 heavy (non-hydrogen) atoms. The van der Waals surface area contributed by atoms with Gasteiger partial charge in [-0.05, 0) is 30.0 Å². The number of anilines is 2. The molecule has 0 atom stereocenters. The van der Waals surface area contributed by atoms with Crippen LogP contribution in [0.4, 0.5) is 11.5 Å². The van der Waals surface area contributed by atoms with Crippen molar-refractivity contribution in [1.82, 2.24) is 14.8 Å². The minimum Gasteiger partial charge on any atom is -0.378 e. The fourth-order valence-electron chi connectivity index (χ4n) is 3.66. The second kappa shape index (κ2) is 9.76. The van der Waals surface area contributed by atoms with E-state index in [2.05, 4.69) is 32.4 Å². The van der Waals surface area contributed by atoms with Gasteiger partial charge in [0.05, 0.1) is 18.4 Å². The number of halogens is 1. The molecular weight excluding hydrogens is 398 g/mol. The number of hydrogen-bond acceptors (Lipinski definition) is 5. The van der Waals surface area contributed by atoms with Crippen LogP contribution in [0.1, 0.15) is 36.8 Å². The lowest BCUT2D eigenvalue weighted by atomic mass is 10.2. The first-order valence-electron chi connectivity index (χ1n) is 10.4. The maximum atomic E-state index is 12.6. The number of pyridine rings is 1. The number of benzene rings is 1. The molecule has 1 fully saturated rings. The Morgan fingerprint density at radius 3 is 2.40 bits per heavy atom. The Hall–Kier alpha value is -2.86. The second-order valence-electron chi connectivity index (χ2n) is 7.60. The zero-order valence-electron chi connectivity index (χ0n) is 16.9. The van der Waals surface area contributed by atoms with Gasteiger partial charge in [0.1, 0.15) is 10.8 Å². The molecular formula is C23H26ClN5O. The molecule has 0 amide bonds. The zero-order chi connectivity index (χ0) is 20.8. The van der Waals surface area contributed by atoms with Crippen molar-refractivity contribution in [2.75, 3.05) is 23.3 Å². The molecule has 0 radical (unpaired) electrons. The van der Waals surface area contributed by atoms with Crippen molar-refractivity contribution in [2.45, 2.75) is 38.8 Å². The average Bonchev–Trinajstić information content (AvgIpc) is 3.07. The molecule has 0 aliphatic carbocycles. The van der Waals surface area contributed by atoms with Crippen LogP contribution in [0.2, 0.25) is 5.02 Å². The van der Waals surface area contributed by atoms with Gasteiger partial charge in [-0.25, -0.2) is 9.67 Å². The molecule has 3 aromatic rings. The quantitative estimate of drug-likeness (QED) is 0.639. The number of nitrogens with zero attached hydrogens (tertiary/aromatic N) is 4. The van der Waals surface area contributed by atoms with Gasteiger partial charge in [0.15, 0.2) is 0 Å². The molecule has 1 aliphatic heterocycles. The molecule has 0 spiro atoms. The molecule has 3 heterocycles. The van der Waals surface area contributed by atoms with Gasteiger partial charge >= 0.3 is 0 Å². The second-order valence-corrected chi connectivity index (χ2v) is 7.98. The van der Waals surface area contributed by atoms with Gasteiger partial charge in [-0.15, -0.1) is 0 Å². The molecule has 0 bridgehead atoms. The lowest BCUT2D eigenvalue weighted by molar-refractivity contribution is 0.640. The molecule has 1 aromatic carbocycles. The highest BCUT2D eigenvalue weighted by molar-refractivity contribution is 6.32. The highest BCUT2D eigenvalue weighted by Crippen LogP contribution is 2.19. The van der Waals surface area contributed by atoms with E-state index in [-0.39, 0.29) is 10.6 Å². The Kier molecular flexibility index (Phi) is 6.64. The molecule has 6 nitrogen and oxygen atoms in total. The monoisotopic (exact) mass is 423 g/mol. The van der Waals surface area contributed by atoms with Gasteiger partial charge in [-0.2, -0.15) is 5.10 Å². The molecule has 4 rings (SSSR count). The molecule has 0 unspecified atom stereocenters. The first-order chi connectivity index (χ1) is 14.7. The molecule has 2 aromatic heterocycles. The molecule has 7 heteroatoms. The Labute approximate surface area is 181 Å². The third-order valence-electron chi connectivity index (χ3n) is 5.38. The topological polar surface area (TPSA) is 63.1 Å². The molecule has 1 saturated heterocycles. The Balaban J connectivity index is 1.40. The van der Waals surface area contributed by atoms with Crippen LogP contribution in [-0.4, -0.2) is 27.9 Å². The van der Waals surface area contributed by atoms with E-state index in [1.165, 1.54) is 30.4 Å². The summed E-state index contributed by atoms with van der Waals surface area (Å²) >= 11 is 6.31. The van der Waals surface area contributed by atoms with Crippen LogP contribution in [0.15, 0.2) is 59.7 Å². The highest BCUT2D eigenvalue weighted by atomic mass is 35.5. The van der Waals surface area contributed by atoms with E-state index in [1.54, 1.807) is 6.20 Å². The first kappa shape index (κ1) is 20.4. The Morgan fingerprint density at radius 1 is 0.933 bits per heavy atom. The van der Waals surface area contributed by atoms with Gasteiger partial charge in [0.25, 0.3) is 5.56 Å². The number of nitrogens with one attached hydrogen (secondary N) is 1. The van der Waals surface area contributed by atoms with Crippen LogP contribution < -0.4 is 15.8 Å². The predicted molar refractivity (Wildman–Crippen MR) is 121 cm³/mol. The fraction of sp³-hybridized carbons (Fsp3) is 0.348. The van der Waals surface area contributed by atoms with Crippen LogP contribution >= 0.6 is 11.6 Å². The van der Waals surface area contributed by atoms with Gasteiger partial charge < -0.3 is 10.2 Å². The van der Waals surface area contributed by atoms with Gasteiger partial charge in [0.2, 0.25) is 0 Å². The van der Waals surface area contributed by atoms with Crippen molar-refractivity contribution in [1.29, 1.82) is 0 Å². The smallest absolute Gasteiger partial charge is 0.287 e. The van der Waals surface area contributed by atoms with Crippen molar-refractivity contribution in [3.8, 4) is 0 Å². The minimum absolute atomic E-state index is 0.148. The van der Waals surface area contributed by atoms with Crippen LogP contribution in [0.3, 0.4) is 0 Å². The van der Waals surface area contributed by atoms with Crippen LogP contribution in [0.25, 0.3) is 0 Å². The van der Waals surface area contributed by atoms with E-state index in [4.69, 9.17) is 11.6 Å². The van der Waals surface area contributed by atoms with Crippen molar-refractivity contribution in [3.63, 3.8) is 0 Å². The summed E-state index contributed by atoms with van der Waals surface area (Å²) in [5.74, 6) is 1.03. The standard InChI is InChI=1S/C23H26ClN5O/c24-22-20(16-27-29(23(22)30)17-18-8-4-3-5-9-18)25-14-19-10-11-21(26-15-19)28-12-6-1-2-7-13-28/h3-5,8-11,15-16,25H,1-2,6-7,12-14,17H2. The fourth-order valence-corrected chi connectivity index (χ4v) is 3.88. The lowest BCUT2D eigenvalue weighted by Crippen LogP contribution is -2.25. The third kappa shape index (κ3) is 5.00. The van der Waals surface area contributed by atoms with E-state index in [0.717, 1.165) is 30.0 Å². The van der Waals surface area contributed by atoms with Gasteiger partial charge in [-0.3, -0.25) is 4.79 Å². The van der Waals surface area contributed by atoms with Crippen molar-refractivity contribution < 1.29 is 0 Å². The summed E-state index contributed by atoms with van der Waals surface area (Å²) in [5.41, 5.74) is 2.25. The van der Waals surface area contributed by atoms with E-state index in [0.29, 0.717) is 18.8 Å². The van der Waals surface area contributed by atoms with Crippen LogP contribution in [0, 0.1) is 0 Å². The highest BCUT2D eigenvalue weighted by Gasteiger charge is 2.12. The summed E-state index contributed by atoms with van der Waals surface area (Å²) in [4.78, 5) is 19.6. The summed E-state index contributed by atoms with van der Waals surface area (Å²) in [6.07, 6.45) is 8.55.